The first kappa shape index (κ1) is 39.5. The Kier molecular flexibility index (Phi) is 11.3. The van der Waals surface area contributed by atoms with Crippen molar-refractivity contribution in [2.75, 3.05) is 0 Å². The SMILES string of the molecule is CC1=C(C[C@@H](ON)C(=O)C23C(C)C(CC(=O)O)[C@H](O)CC2[C@@H]3C)C(C)(C)[C@@](C)(O)C[C@@H]1OC(=O)C[C@@H](NC(=O)OC(C)(C)C)c1ccccc1. The summed E-state index contributed by atoms with van der Waals surface area (Å²) in [5, 5.41) is 34.9. The van der Waals surface area contributed by atoms with Gasteiger partial charge in [0.05, 0.1) is 30.6 Å². The van der Waals surface area contributed by atoms with E-state index in [1.54, 1.807) is 58.9 Å². The van der Waals surface area contributed by atoms with Gasteiger partial charge in [0.2, 0.25) is 0 Å². The molecule has 0 aliphatic heterocycles. The summed E-state index contributed by atoms with van der Waals surface area (Å²) in [6, 6.07) is 8.26. The number of nitrogens with two attached hydrogens (primary N) is 1. The zero-order valence-electron chi connectivity index (χ0n) is 30.8. The molecule has 0 aromatic heterocycles. The molecule has 0 saturated heterocycles. The molecule has 0 bridgehead atoms. The number of fused-ring (bicyclic) bond motifs is 1. The van der Waals surface area contributed by atoms with Gasteiger partial charge in [-0.3, -0.25) is 19.2 Å². The van der Waals surface area contributed by atoms with Crippen LogP contribution in [0.4, 0.5) is 4.79 Å². The molecule has 0 spiro atoms. The quantitative estimate of drug-likeness (QED) is 0.112. The van der Waals surface area contributed by atoms with Crippen molar-refractivity contribution < 1.29 is 48.8 Å². The van der Waals surface area contributed by atoms with E-state index in [4.69, 9.17) is 20.2 Å². The predicted octanol–water partition coefficient (Wildman–Crippen LogP) is 5.01. The minimum absolute atomic E-state index is 0.0191. The van der Waals surface area contributed by atoms with Gasteiger partial charge in [-0.1, -0.05) is 63.6 Å². The molecule has 0 heterocycles. The van der Waals surface area contributed by atoms with E-state index in [1.807, 2.05) is 33.8 Å². The number of carbonyl (C=O) groups excluding carboxylic acids is 3. The number of alkyl carbamates (subject to hydrolysis) is 1. The second kappa shape index (κ2) is 14.4. The summed E-state index contributed by atoms with van der Waals surface area (Å²) in [7, 11) is 0. The zero-order valence-corrected chi connectivity index (χ0v) is 30.8. The van der Waals surface area contributed by atoms with E-state index in [0.29, 0.717) is 23.1 Å². The molecule has 1 aromatic rings. The van der Waals surface area contributed by atoms with E-state index in [2.05, 4.69) is 5.32 Å². The first-order chi connectivity index (χ1) is 23.1. The zero-order chi connectivity index (χ0) is 37.6. The van der Waals surface area contributed by atoms with Crippen molar-refractivity contribution in [1.82, 2.24) is 5.32 Å². The highest BCUT2D eigenvalue weighted by molar-refractivity contribution is 5.93. The number of carboxylic acid groups (broad SMARTS) is 1. The molecule has 2 saturated carbocycles. The van der Waals surface area contributed by atoms with Gasteiger partial charge in [0, 0.05) is 23.7 Å². The molecule has 1 aromatic carbocycles. The molecule has 12 nitrogen and oxygen atoms in total. The Morgan fingerprint density at radius 2 is 1.68 bits per heavy atom. The molecule has 12 heteroatoms. The van der Waals surface area contributed by atoms with Gasteiger partial charge in [0.1, 0.15) is 17.8 Å². The Balaban J connectivity index is 1.59. The molecular formula is C38H56N2O10. The van der Waals surface area contributed by atoms with Crippen LogP contribution < -0.4 is 11.2 Å². The van der Waals surface area contributed by atoms with Gasteiger partial charge < -0.3 is 30.1 Å². The number of benzene rings is 1. The number of ketones is 1. The third kappa shape index (κ3) is 7.63. The summed E-state index contributed by atoms with van der Waals surface area (Å²) in [5.41, 5.74) is -1.89. The van der Waals surface area contributed by atoms with E-state index in [1.165, 1.54) is 0 Å². The Bertz CT molecular complexity index is 1480. The third-order valence-corrected chi connectivity index (χ3v) is 12.1. The highest BCUT2D eigenvalue weighted by Crippen LogP contribution is 2.71. The lowest BCUT2D eigenvalue weighted by Crippen LogP contribution is -2.52. The largest absolute Gasteiger partial charge is 0.481 e. The van der Waals surface area contributed by atoms with Gasteiger partial charge in [-0.05, 0) is 75.8 Å². The highest BCUT2D eigenvalue weighted by atomic mass is 16.6. The van der Waals surface area contributed by atoms with Crippen LogP contribution in [-0.2, 0) is 28.7 Å². The molecule has 4 unspecified atom stereocenters. The Morgan fingerprint density at radius 3 is 2.24 bits per heavy atom. The Hall–Kier alpha value is -3.32. The predicted molar refractivity (Wildman–Crippen MR) is 184 cm³/mol. The third-order valence-electron chi connectivity index (χ3n) is 12.1. The molecule has 10 atom stereocenters. The number of rotatable bonds is 12. The molecule has 3 aliphatic carbocycles. The number of esters is 1. The van der Waals surface area contributed by atoms with Crippen molar-refractivity contribution in [3.05, 3.63) is 47.0 Å². The average molecular weight is 701 g/mol. The van der Waals surface area contributed by atoms with Crippen molar-refractivity contribution in [2.24, 2.45) is 40.4 Å². The van der Waals surface area contributed by atoms with Gasteiger partial charge in [-0.15, -0.1) is 0 Å². The van der Waals surface area contributed by atoms with Crippen LogP contribution in [0.25, 0.3) is 0 Å². The number of aliphatic carboxylic acids is 1. The minimum atomic E-state index is -1.37. The van der Waals surface area contributed by atoms with Crippen LogP contribution in [0.15, 0.2) is 41.5 Å². The smallest absolute Gasteiger partial charge is 0.408 e. The van der Waals surface area contributed by atoms with Gasteiger partial charge in [0.25, 0.3) is 0 Å². The van der Waals surface area contributed by atoms with E-state index in [0.717, 1.165) is 0 Å². The van der Waals surface area contributed by atoms with E-state index >= 15 is 0 Å². The number of aliphatic hydroxyl groups excluding tert-OH is 1. The van der Waals surface area contributed by atoms with Crippen molar-refractivity contribution >= 4 is 23.8 Å². The number of nitrogens with one attached hydrogen (secondary N) is 1. The van der Waals surface area contributed by atoms with Crippen LogP contribution in [0.3, 0.4) is 0 Å². The molecule has 2 fully saturated rings. The molecule has 3 aliphatic rings. The Labute approximate surface area is 295 Å². The van der Waals surface area contributed by atoms with E-state index in [-0.39, 0.29) is 43.3 Å². The van der Waals surface area contributed by atoms with Crippen molar-refractivity contribution in [3.63, 3.8) is 0 Å². The number of aliphatic hydroxyl groups is 2. The van der Waals surface area contributed by atoms with Crippen LogP contribution in [0.1, 0.15) is 106 Å². The van der Waals surface area contributed by atoms with Gasteiger partial charge >= 0.3 is 18.0 Å². The molecule has 4 rings (SSSR count). The number of carbonyl (C=O) groups is 4. The summed E-state index contributed by atoms with van der Waals surface area (Å²) in [5.74, 6) is 2.68. The maximum atomic E-state index is 14.4. The molecular weight excluding hydrogens is 644 g/mol. The van der Waals surface area contributed by atoms with Crippen LogP contribution in [0.2, 0.25) is 0 Å². The van der Waals surface area contributed by atoms with Crippen LogP contribution in [0.5, 0.6) is 0 Å². The summed E-state index contributed by atoms with van der Waals surface area (Å²) in [6.07, 6.45) is -3.51. The summed E-state index contributed by atoms with van der Waals surface area (Å²) in [6.45, 7) is 16.2. The lowest BCUT2D eigenvalue weighted by atomic mass is 9.60. The van der Waals surface area contributed by atoms with Gasteiger partial charge in [0.15, 0.2) is 5.78 Å². The molecule has 1 amide bonds. The van der Waals surface area contributed by atoms with Gasteiger partial charge in [-0.25, -0.2) is 10.7 Å². The fourth-order valence-corrected chi connectivity index (χ4v) is 8.85. The van der Waals surface area contributed by atoms with Crippen LogP contribution in [-0.4, -0.2) is 68.6 Å². The number of ether oxygens (including phenoxy) is 2. The second-order valence-electron chi connectivity index (χ2n) is 16.4. The molecule has 0 radical (unpaired) electrons. The maximum Gasteiger partial charge on any atom is 0.408 e. The van der Waals surface area contributed by atoms with Crippen LogP contribution in [0, 0.1) is 34.5 Å². The molecule has 50 heavy (non-hydrogen) atoms. The highest BCUT2D eigenvalue weighted by Gasteiger charge is 2.73. The average Bonchev–Trinajstić information content (AvgIpc) is 3.60. The number of carboxylic acids is 1. The van der Waals surface area contributed by atoms with Crippen molar-refractivity contribution in [2.45, 2.75) is 130 Å². The fourth-order valence-electron chi connectivity index (χ4n) is 8.85. The standard InChI is InChI=1S/C38H56N2O10/c1-20-25(17-29(50-39)33(45)38-21(2)24(15-31(42)43)28(41)16-26(38)22(38)3)36(7,8)37(9,47)19-30(20)48-32(44)18-27(23-13-11-10-12-14-23)40-34(46)49-35(4,5)6/h10-14,21-22,24,26-30,41,47H,15-19,39H2,1-9H3,(H,40,46)(H,42,43)/t21?,22-,24?,26?,27+,28+,29+,30-,37-,38?/m0/s1. The minimum Gasteiger partial charge on any atom is -0.481 e. The molecule has 278 valence electrons. The fraction of sp³-hybridized carbons (Fsp3) is 0.684. The van der Waals surface area contributed by atoms with E-state index in [9.17, 15) is 34.5 Å². The van der Waals surface area contributed by atoms with Crippen LogP contribution >= 0.6 is 0 Å². The second-order valence-corrected chi connectivity index (χ2v) is 16.4. The van der Waals surface area contributed by atoms with Gasteiger partial charge in [-0.2, -0.15) is 0 Å². The van der Waals surface area contributed by atoms with Crippen molar-refractivity contribution in [1.29, 1.82) is 0 Å². The van der Waals surface area contributed by atoms with Crippen molar-refractivity contribution in [3.8, 4) is 0 Å². The lowest BCUT2D eigenvalue weighted by molar-refractivity contribution is -0.155. The summed E-state index contributed by atoms with van der Waals surface area (Å²) in [4.78, 5) is 57.8. The number of Topliss-reactive ketones (excluding diaryl/α,β-unsaturated/α-hetero) is 1. The Morgan fingerprint density at radius 1 is 1.06 bits per heavy atom. The lowest BCUT2D eigenvalue weighted by Gasteiger charge is -2.49. The first-order valence-corrected chi connectivity index (χ1v) is 17.5. The first-order valence-electron chi connectivity index (χ1n) is 17.5. The van der Waals surface area contributed by atoms with E-state index < -0.39 is 76.3 Å². The maximum absolute atomic E-state index is 14.4. The number of hydrogen-bond acceptors (Lipinski definition) is 10. The summed E-state index contributed by atoms with van der Waals surface area (Å²) >= 11 is 0. The normalized spacial score (nSPS) is 33.0. The monoisotopic (exact) mass is 700 g/mol. The number of hydrogen-bond donors (Lipinski definition) is 5. The summed E-state index contributed by atoms with van der Waals surface area (Å²) < 4.78 is 11.5. The topological polar surface area (TPSA) is 195 Å². The molecule has 6 N–H and O–H groups in total. The number of amides is 1.